The minimum atomic E-state index is -6.14. The molecule has 0 radical (unpaired) electrons. The molecule has 0 aliphatic carbocycles. The molecule has 0 aliphatic rings. The first-order valence-corrected chi connectivity index (χ1v) is 6.35. The van der Waals surface area contributed by atoms with E-state index in [1.54, 1.807) is 13.8 Å². The maximum Gasteiger partial charge on any atom is 0.435 e. The van der Waals surface area contributed by atoms with Crippen molar-refractivity contribution in [3.63, 3.8) is 0 Å². The lowest BCUT2D eigenvalue weighted by molar-refractivity contribution is -0.348. The van der Waals surface area contributed by atoms with E-state index in [-0.39, 0.29) is 16.5 Å². The lowest BCUT2D eigenvalue weighted by atomic mass is 9.89. The minimum absolute atomic E-state index is 0.121. The van der Waals surface area contributed by atoms with Gasteiger partial charge in [0.15, 0.2) is 0 Å². The van der Waals surface area contributed by atoms with E-state index in [1.165, 1.54) is 6.07 Å². The van der Waals surface area contributed by atoms with Crippen molar-refractivity contribution in [2.75, 3.05) is 0 Å². The molecule has 1 unspecified atom stereocenters. The van der Waals surface area contributed by atoms with E-state index in [9.17, 15) is 30.7 Å². The standard InChI is InChI=1S/C13H12ClF7/c1-3-7(2)8-4-9(6-10(14)5-8)11(15,12(16,17)18)13(19,20)21/h4-7H,3H2,1-2H3. The summed E-state index contributed by atoms with van der Waals surface area (Å²) in [6, 6.07) is 2.15. The fourth-order valence-electron chi connectivity index (χ4n) is 1.82. The molecule has 0 aromatic heterocycles. The molecule has 120 valence electrons. The van der Waals surface area contributed by atoms with Gasteiger partial charge in [0.1, 0.15) is 0 Å². The molecule has 1 aromatic carbocycles. The molecule has 0 heterocycles. The van der Waals surface area contributed by atoms with Gasteiger partial charge in [0.2, 0.25) is 0 Å². The Morgan fingerprint density at radius 3 is 1.81 bits per heavy atom. The van der Waals surface area contributed by atoms with E-state index < -0.39 is 23.6 Å². The van der Waals surface area contributed by atoms with Crippen molar-refractivity contribution >= 4 is 11.6 Å². The third-order valence-corrected chi connectivity index (χ3v) is 3.50. The number of rotatable bonds is 3. The van der Waals surface area contributed by atoms with E-state index in [0.717, 1.165) is 0 Å². The molecular formula is C13H12ClF7. The Labute approximate surface area is 121 Å². The van der Waals surface area contributed by atoms with E-state index in [4.69, 9.17) is 11.6 Å². The SMILES string of the molecule is CCC(C)c1cc(Cl)cc(C(F)(C(F)(F)F)C(F)(F)F)c1. The molecular weight excluding hydrogens is 325 g/mol. The second-order valence-corrected chi connectivity index (χ2v) is 5.17. The normalized spacial score (nSPS) is 15.1. The Balaban J connectivity index is 3.58. The quantitative estimate of drug-likeness (QED) is 0.581. The summed E-state index contributed by atoms with van der Waals surface area (Å²) in [5, 5.41) is -0.377. The number of hydrogen-bond donors (Lipinski definition) is 0. The Hall–Kier alpha value is -0.980. The summed E-state index contributed by atoms with van der Waals surface area (Å²) < 4.78 is 90.1. The zero-order valence-electron chi connectivity index (χ0n) is 11.0. The largest absolute Gasteiger partial charge is 0.435 e. The van der Waals surface area contributed by atoms with Gasteiger partial charge in [-0.05, 0) is 30.0 Å². The van der Waals surface area contributed by atoms with Gasteiger partial charge in [0.05, 0.1) is 0 Å². The van der Waals surface area contributed by atoms with Crippen LogP contribution >= 0.6 is 11.6 Å². The highest BCUT2D eigenvalue weighted by atomic mass is 35.5. The average molecular weight is 337 g/mol. The fourth-order valence-corrected chi connectivity index (χ4v) is 2.06. The van der Waals surface area contributed by atoms with Crippen molar-refractivity contribution in [3.05, 3.63) is 34.3 Å². The summed E-state index contributed by atoms with van der Waals surface area (Å²) >= 11 is 5.56. The van der Waals surface area contributed by atoms with Gasteiger partial charge < -0.3 is 0 Å². The molecule has 0 spiro atoms. The Bertz CT molecular complexity index is 490. The molecule has 21 heavy (non-hydrogen) atoms. The second-order valence-electron chi connectivity index (χ2n) is 4.74. The van der Waals surface area contributed by atoms with Crippen LogP contribution in [0.5, 0.6) is 0 Å². The average Bonchev–Trinajstić information content (AvgIpc) is 2.33. The topological polar surface area (TPSA) is 0 Å². The van der Waals surface area contributed by atoms with Crippen LogP contribution in [0.15, 0.2) is 18.2 Å². The monoisotopic (exact) mass is 336 g/mol. The second kappa shape index (κ2) is 5.66. The molecule has 0 fully saturated rings. The molecule has 1 rings (SSSR count). The number of hydrogen-bond acceptors (Lipinski definition) is 0. The maximum atomic E-state index is 14.0. The van der Waals surface area contributed by atoms with Crippen molar-refractivity contribution < 1.29 is 30.7 Å². The van der Waals surface area contributed by atoms with Crippen LogP contribution in [0.4, 0.5) is 30.7 Å². The van der Waals surface area contributed by atoms with Crippen LogP contribution in [0.3, 0.4) is 0 Å². The van der Waals surface area contributed by atoms with Gasteiger partial charge >= 0.3 is 18.0 Å². The van der Waals surface area contributed by atoms with Crippen molar-refractivity contribution in [1.29, 1.82) is 0 Å². The van der Waals surface area contributed by atoms with E-state index in [0.29, 0.717) is 18.6 Å². The number of halogens is 8. The van der Waals surface area contributed by atoms with Crippen LogP contribution in [-0.2, 0) is 5.67 Å². The van der Waals surface area contributed by atoms with Crippen LogP contribution in [-0.4, -0.2) is 12.4 Å². The third-order valence-electron chi connectivity index (χ3n) is 3.28. The van der Waals surface area contributed by atoms with Crippen LogP contribution < -0.4 is 0 Å². The first-order chi connectivity index (χ1) is 9.34. The molecule has 0 saturated heterocycles. The molecule has 8 heteroatoms. The van der Waals surface area contributed by atoms with E-state index in [1.807, 2.05) is 0 Å². The summed E-state index contributed by atoms with van der Waals surface area (Å²) in [4.78, 5) is 0. The van der Waals surface area contributed by atoms with Gasteiger partial charge in [0, 0.05) is 10.6 Å². The van der Waals surface area contributed by atoms with Crippen LogP contribution in [0.2, 0.25) is 5.02 Å². The highest BCUT2D eigenvalue weighted by Gasteiger charge is 2.73. The summed E-state index contributed by atoms with van der Waals surface area (Å²) in [6.07, 6.45) is -11.8. The Morgan fingerprint density at radius 2 is 1.43 bits per heavy atom. The zero-order chi connectivity index (χ0) is 16.6. The highest BCUT2D eigenvalue weighted by molar-refractivity contribution is 6.30. The molecule has 0 bridgehead atoms. The molecule has 0 nitrogen and oxygen atoms in total. The first-order valence-electron chi connectivity index (χ1n) is 5.98. The van der Waals surface area contributed by atoms with Crippen LogP contribution in [0.1, 0.15) is 37.3 Å². The number of benzene rings is 1. The lowest BCUT2D eigenvalue weighted by Gasteiger charge is -2.31. The smallest absolute Gasteiger partial charge is 0.218 e. The molecule has 0 amide bonds. The molecule has 1 atom stereocenters. The number of alkyl halides is 7. The summed E-state index contributed by atoms with van der Waals surface area (Å²) in [5.74, 6) is -0.354. The highest BCUT2D eigenvalue weighted by Crippen LogP contribution is 2.53. The zero-order valence-corrected chi connectivity index (χ0v) is 11.8. The summed E-state index contributed by atoms with van der Waals surface area (Å²) in [5.41, 5.74) is -6.88. The van der Waals surface area contributed by atoms with Gasteiger partial charge in [0.25, 0.3) is 0 Å². The molecule has 1 aromatic rings. The van der Waals surface area contributed by atoms with Gasteiger partial charge in [-0.1, -0.05) is 31.5 Å². The molecule has 0 saturated carbocycles. The summed E-state index contributed by atoms with van der Waals surface area (Å²) in [7, 11) is 0. The van der Waals surface area contributed by atoms with Crippen molar-refractivity contribution in [3.8, 4) is 0 Å². The maximum absolute atomic E-state index is 14.0. The Kier molecular flexibility index (Phi) is 4.87. The van der Waals surface area contributed by atoms with Crippen molar-refractivity contribution in [2.45, 2.75) is 44.2 Å². The van der Waals surface area contributed by atoms with Gasteiger partial charge in [-0.2, -0.15) is 26.3 Å². The van der Waals surface area contributed by atoms with E-state index >= 15 is 0 Å². The van der Waals surface area contributed by atoms with Crippen molar-refractivity contribution in [2.24, 2.45) is 0 Å². The predicted octanol–water partition coefficient (Wildman–Crippen LogP) is 6.14. The van der Waals surface area contributed by atoms with Gasteiger partial charge in [-0.25, -0.2) is 4.39 Å². The lowest BCUT2D eigenvalue weighted by Crippen LogP contribution is -2.50. The molecule has 0 N–H and O–H groups in total. The van der Waals surface area contributed by atoms with Gasteiger partial charge in [-0.3, -0.25) is 0 Å². The summed E-state index contributed by atoms with van der Waals surface area (Å²) in [6.45, 7) is 3.29. The van der Waals surface area contributed by atoms with Crippen LogP contribution in [0, 0.1) is 0 Å². The predicted molar refractivity (Wildman–Crippen MR) is 65.1 cm³/mol. The first kappa shape index (κ1) is 18.1. The van der Waals surface area contributed by atoms with Gasteiger partial charge in [-0.15, -0.1) is 0 Å². The van der Waals surface area contributed by atoms with Crippen molar-refractivity contribution in [1.82, 2.24) is 0 Å². The van der Waals surface area contributed by atoms with E-state index in [2.05, 4.69) is 0 Å². The molecule has 0 aliphatic heterocycles. The van der Waals surface area contributed by atoms with Crippen LogP contribution in [0.25, 0.3) is 0 Å². The third kappa shape index (κ3) is 3.27. The fraction of sp³-hybridized carbons (Fsp3) is 0.538. The Morgan fingerprint density at radius 1 is 0.952 bits per heavy atom. The minimum Gasteiger partial charge on any atom is -0.218 e.